The van der Waals surface area contributed by atoms with Gasteiger partial charge in [0.2, 0.25) is 11.8 Å². The molecule has 1 aliphatic rings. The third kappa shape index (κ3) is 4.08. The SMILES string of the molecule is Cc1cc(NC(=O)C(C)Sc2nc3sc4c(c3c(=O)n2-c2ccccc2F)CCCC4)on1. The molecule has 170 valence electrons. The Kier molecular flexibility index (Phi) is 5.79. The molecular formula is C23H21FN4O3S2. The zero-order valence-electron chi connectivity index (χ0n) is 18.1. The third-order valence-corrected chi connectivity index (χ3v) is 7.82. The number of para-hydroxylation sites is 1. The number of hydrogen-bond acceptors (Lipinski definition) is 7. The number of amides is 1. The summed E-state index contributed by atoms with van der Waals surface area (Å²) < 4.78 is 21.1. The van der Waals surface area contributed by atoms with Crippen LogP contribution in [-0.4, -0.2) is 25.9 Å². The second-order valence-electron chi connectivity index (χ2n) is 7.96. The fourth-order valence-corrected chi connectivity index (χ4v) is 6.19. The lowest BCUT2D eigenvalue weighted by molar-refractivity contribution is -0.115. The highest BCUT2D eigenvalue weighted by molar-refractivity contribution is 8.00. The lowest BCUT2D eigenvalue weighted by Gasteiger charge is -2.16. The summed E-state index contributed by atoms with van der Waals surface area (Å²) in [5, 5.41) is 6.63. The van der Waals surface area contributed by atoms with Crippen molar-refractivity contribution in [2.24, 2.45) is 0 Å². The van der Waals surface area contributed by atoms with Gasteiger partial charge in [-0.05, 0) is 57.2 Å². The molecule has 1 aliphatic carbocycles. The van der Waals surface area contributed by atoms with Crippen LogP contribution in [0.15, 0.2) is 44.8 Å². The van der Waals surface area contributed by atoms with Gasteiger partial charge in [-0.3, -0.25) is 19.5 Å². The van der Waals surface area contributed by atoms with Gasteiger partial charge in [-0.1, -0.05) is 29.1 Å². The Labute approximate surface area is 197 Å². The molecule has 7 nitrogen and oxygen atoms in total. The van der Waals surface area contributed by atoms with E-state index in [1.54, 1.807) is 38.1 Å². The smallest absolute Gasteiger partial charge is 0.267 e. The summed E-state index contributed by atoms with van der Waals surface area (Å²) in [5.41, 5.74) is 1.50. The standard InChI is InChI=1S/C23H21FN4O3S2/c1-12-11-18(31-27-12)25-20(29)13(2)32-23-26-21-19(14-7-3-6-10-17(14)33-21)22(30)28(23)16-9-5-4-8-15(16)24/h4-5,8-9,11,13H,3,6-7,10H2,1-2H3,(H,25,29). The van der Waals surface area contributed by atoms with Gasteiger partial charge in [0.05, 0.1) is 22.0 Å². The van der Waals surface area contributed by atoms with Crippen LogP contribution in [0, 0.1) is 12.7 Å². The lowest BCUT2D eigenvalue weighted by Crippen LogP contribution is -2.26. The topological polar surface area (TPSA) is 90.0 Å². The molecule has 1 aromatic carbocycles. The molecule has 3 heterocycles. The van der Waals surface area contributed by atoms with Crippen molar-refractivity contribution in [3.8, 4) is 5.69 Å². The Morgan fingerprint density at radius 3 is 2.85 bits per heavy atom. The minimum absolute atomic E-state index is 0.119. The van der Waals surface area contributed by atoms with Gasteiger partial charge < -0.3 is 4.52 Å². The lowest BCUT2D eigenvalue weighted by atomic mass is 9.97. The molecular weight excluding hydrogens is 463 g/mol. The molecule has 1 amide bonds. The summed E-state index contributed by atoms with van der Waals surface area (Å²) in [7, 11) is 0. The molecule has 33 heavy (non-hydrogen) atoms. The first kappa shape index (κ1) is 21.8. The first-order valence-electron chi connectivity index (χ1n) is 10.7. The summed E-state index contributed by atoms with van der Waals surface area (Å²) in [6.45, 7) is 3.45. The van der Waals surface area contributed by atoms with Crippen LogP contribution < -0.4 is 10.9 Å². The van der Waals surface area contributed by atoms with Crippen LogP contribution in [0.5, 0.6) is 0 Å². The van der Waals surface area contributed by atoms with Crippen molar-refractivity contribution in [2.75, 3.05) is 5.32 Å². The highest BCUT2D eigenvalue weighted by Gasteiger charge is 2.26. The molecule has 0 radical (unpaired) electrons. The molecule has 5 rings (SSSR count). The minimum atomic E-state index is -0.632. The van der Waals surface area contributed by atoms with Crippen molar-refractivity contribution in [3.05, 3.63) is 62.6 Å². The number of benzene rings is 1. The Balaban J connectivity index is 1.59. The van der Waals surface area contributed by atoms with Crippen LogP contribution in [0.25, 0.3) is 15.9 Å². The van der Waals surface area contributed by atoms with Gasteiger partial charge in [-0.15, -0.1) is 11.3 Å². The highest BCUT2D eigenvalue weighted by Crippen LogP contribution is 2.36. The maximum absolute atomic E-state index is 14.8. The summed E-state index contributed by atoms with van der Waals surface area (Å²) in [6, 6.07) is 7.73. The van der Waals surface area contributed by atoms with E-state index in [0.29, 0.717) is 15.9 Å². The Morgan fingerprint density at radius 1 is 1.30 bits per heavy atom. The number of thiophene rings is 1. The average Bonchev–Trinajstić information content (AvgIpc) is 3.37. The Bertz CT molecular complexity index is 1430. The van der Waals surface area contributed by atoms with E-state index in [1.807, 2.05) is 0 Å². The van der Waals surface area contributed by atoms with Crippen LogP contribution >= 0.6 is 23.1 Å². The van der Waals surface area contributed by atoms with Gasteiger partial charge in [0.15, 0.2) is 5.16 Å². The first-order valence-corrected chi connectivity index (χ1v) is 12.3. The molecule has 3 aromatic heterocycles. The van der Waals surface area contributed by atoms with Gasteiger partial charge in [0, 0.05) is 10.9 Å². The summed E-state index contributed by atoms with van der Waals surface area (Å²) >= 11 is 2.62. The van der Waals surface area contributed by atoms with Crippen LogP contribution in [0.3, 0.4) is 0 Å². The molecule has 0 saturated heterocycles. The molecule has 1 atom stereocenters. The van der Waals surface area contributed by atoms with Crippen molar-refractivity contribution in [1.29, 1.82) is 0 Å². The summed E-state index contributed by atoms with van der Waals surface area (Å²) in [4.78, 5) is 33.0. The number of aryl methyl sites for hydroxylation is 3. The second-order valence-corrected chi connectivity index (χ2v) is 10.4. The number of nitrogens with zero attached hydrogens (tertiary/aromatic N) is 3. The monoisotopic (exact) mass is 484 g/mol. The van der Waals surface area contributed by atoms with Gasteiger partial charge in [0.25, 0.3) is 5.56 Å². The van der Waals surface area contributed by atoms with E-state index in [-0.39, 0.29) is 28.2 Å². The molecule has 1 N–H and O–H groups in total. The van der Waals surface area contributed by atoms with Crippen molar-refractivity contribution >= 4 is 45.1 Å². The first-order chi connectivity index (χ1) is 15.9. The molecule has 10 heteroatoms. The van der Waals surface area contributed by atoms with Crippen molar-refractivity contribution in [3.63, 3.8) is 0 Å². The molecule has 1 unspecified atom stereocenters. The van der Waals surface area contributed by atoms with Crippen molar-refractivity contribution in [1.82, 2.24) is 14.7 Å². The number of carbonyl (C=O) groups excluding carboxylic acids is 1. The van der Waals surface area contributed by atoms with Crippen LogP contribution in [-0.2, 0) is 17.6 Å². The van der Waals surface area contributed by atoms with E-state index in [9.17, 15) is 14.0 Å². The maximum Gasteiger partial charge on any atom is 0.267 e. The summed E-state index contributed by atoms with van der Waals surface area (Å²) in [5.74, 6) is -0.622. The van der Waals surface area contributed by atoms with Crippen molar-refractivity contribution in [2.45, 2.75) is 49.9 Å². The predicted molar refractivity (Wildman–Crippen MR) is 127 cm³/mol. The normalized spacial score (nSPS) is 14.3. The third-order valence-electron chi connectivity index (χ3n) is 5.58. The molecule has 0 spiro atoms. The fourth-order valence-electron chi connectivity index (χ4n) is 3.97. The molecule has 4 aromatic rings. The number of aromatic nitrogens is 3. The maximum atomic E-state index is 14.8. The molecule has 0 fully saturated rings. The number of rotatable bonds is 5. The van der Waals surface area contributed by atoms with E-state index < -0.39 is 11.1 Å². The number of carbonyl (C=O) groups is 1. The number of fused-ring (bicyclic) bond motifs is 3. The number of anilines is 1. The van der Waals surface area contributed by atoms with E-state index in [2.05, 4.69) is 10.5 Å². The van der Waals surface area contributed by atoms with E-state index in [0.717, 1.165) is 43.0 Å². The van der Waals surface area contributed by atoms with Crippen molar-refractivity contribution < 1.29 is 13.7 Å². The fraction of sp³-hybridized carbons (Fsp3) is 0.304. The van der Waals surface area contributed by atoms with E-state index in [4.69, 9.17) is 9.51 Å². The number of halogens is 1. The average molecular weight is 485 g/mol. The number of hydrogen-bond donors (Lipinski definition) is 1. The zero-order valence-corrected chi connectivity index (χ0v) is 19.7. The number of nitrogens with one attached hydrogen (secondary N) is 1. The molecule has 0 saturated carbocycles. The van der Waals surface area contributed by atoms with E-state index >= 15 is 0 Å². The Morgan fingerprint density at radius 2 is 2.09 bits per heavy atom. The highest BCUT2D eigenvalue weighted by atomic mass is 32.2. The minimum Gasteiger partial charge on any atom is -0.338 e. The van der Waals surface area contributed by atoms with Crippen LogP contribution in [0.1, 0.15) is 35.9 Å². The number of thioether (sulfide) groups is 1. The molecule has 0 bridgehead atoms. The predicted octanol–water partition coefficient (Wildman–Crippen LogP) is 4.88. The summed E-state index contributed by atoms with van der Waals surface area (Å²) in [6.07, 6.45) is 3.85. The van der Waals surface area contributed by atoms with E-state index in [1.165, 1.54) is 26.8 Å². The largest absolute Gasteiger partial charge is 0.338 e. The van der Waals surface area contributed by atoms with Gasteiger partial charge in [-0.2, -0.15) is 0 Å². The van der Waals surface area contributed by atoms with Gasteiger partial charge in [0.1, 0.15) is 10.6 Å². The Hall–Kier alpha value is -2.98. The second kappa shape index (κ2) is 8.75. The quantitative estimate of drug-likeness (QED) is 0.321. The zero-order chi connectivity index (χ0) is 23.1. The van der Waals surface area contributed by atoms with Crippen LogP contribution in [0.4, 0.5) is 10.3 Å². The molecule has 0 aliphatic heterocycles. The van der Waals surface area contributed by atoms with Crippen LogP contribution in [0.2, 0.25) is 0 Å². The van der Waals surface area contributed by atoms with Gasteiger partial charge in [-0.25, -0.2) is 9.37 Å². The van der Waals surface area contributed by atoms with Gasteiger partial charge >= 0.3 is 0 Å².